The van der Waals surface area contributed by atoms with Gasteiger partial charge < -0.3 is 10.2 Å². The predicted molar refractivity (Wildman–Crippen MR) is 66.3 cm³/mol. The van der Waals surface area contributed by atoms with Crippen molar-refractivity contribution < 1.29 is 10.2 Å². The Balaban J connectivity index is 2.10. The Bertz CT molecular complexity index is 517. The molecule has 0 atom stereocenters. The van der Waals surface area contributed by atoms with Crippen molar-refractivity contribution in [1.82, 2.24) is 0 Å². The summed E-state index contributed by atoms with van der Waals surface area (Å²) >= 11 is 0. The average molecular weight is 206 g/mol. The number of hydrogen-bond donors (Lipinski definition) is 2. The van der Waals surface area contributed by atoms with Crippen molar-refractivity contribution in [2.45, 2.75) is 0 Å². The van der Waals surface area contributed by atoms with Gasteiger partial charge in [-0.05, 0) is 24.3 Å². The standard InChI is InChI=1S/C12H8B2O2/c15-7-1-3-9-11(5-7)14-12-6-8(16)2-4-10(12)13-9/h1-6,15-16H. The molecule has 0 saturated heterocycles. The summed E-state index contributed by atoms with van der Waals surface area (Å²) in [7, 11) is 4.01. The van der Waals surface area contributed by atoms with E-state index in [1.165, 1.54) is 0 Å². The third kappa shape index (κ3) is 1.47. The Hall–Kier alpha value is -1.83. The summed E-state index contributed by atoms with van der Waals surface area (Å²) in [4.78, 5) is 0. The SMILES string of the molecule is Oc1ccc2c(c1)[B]c1cc(O)ccc1[B]2. The third-order valence-electron chi connectivity index (χ3n) is 2.76. The van der Waals surface area contributed by atoms with Gasteiger partial charge in [-0.3, -0.25) is 0 Å². The van der Waals surface area contributed by atoms with Crippen molar-refractivity contribution in [2.75, 3.05) is 0 Å². The third-order valence-corrected chi connectivity index (χ3v) is 2.76. The van der Waals surface area contributed by atoms with Gasteiger partial charge in [0.15, 0.2) is 14.6 Å². The van der Waals surface area contributed by atoms with Crippen molar-refractivity contribution in [3.8, 4) is 11.5 Å². The zero-order valence-electron chi connectivity index (χ0n) is 8.51. The predicted octanol–water partition coefficient (Wildman–Crippen LogP) is -1.28. The Kier molecular flexibility index (Phi) is 1.96. The molecule has 1 aliphatic heterocycles. The molecule has 16 heavy (non-hydrogen) atoms. The van der Waals surface area contributed by atoms with Gasteiger partial charge in [-0.25, -0.2) is 0 Å². The molecular formula is C12H8B2O2. The summed E-state index contributed by atoms with van der Waals surface area (Å²) in [6.07, 6.45) is 0. The highest BCUT2D eigenvalue weighted by atomic mass is 16.3. The fourth-order valence-electron chi connectivity index (χ4n) is 1.97. The molecule has 1 heterocycles. The maximum absolute atomic E-state index is 9.41. The minimum atomic E-state index is 0.256. The minimum absolute atomic E-state index is 0.256. The summed E-state index contributed by atoms with van der Waals surface area (Å²) in [5, 5.41) is 18.8. The molecule has 0 fully saturated rings. The maximum atomic E-state index is 9.41. The number of hydrogen-bond acceptors (Lipinski definition) is 2. The van der Waals surface area contributed by atoms with Gasteiger partial charge in [-0.1, -0.05) is 34.0 Å². The van der Waals surface area contributed by atoms with Crippen LogP contribution < -0.4 is 21.9 Å². The molecule has 0 bridgehead atoms. The van der Waals surface area contributed by atoms with Gasteiger partial charge in [0.1, 0.15) is 11.5 Å². The van der Waals surface area contributed by atoms with Gasteiger partial charge in [-0.2, -0.15) is 0 Å². The van der Waals surface area contributed by atoms with Crippen LogP contribution in [0.15, 0.2) is 36.4 Å². The van der Waals surface area contributed by atoms with Crippen molar-refractivity contribution in [3.63, 3.8) is 0 Å². The van der Waals surface area contributed by atoms with Crippen LogP contribution >= 0.6 is 0 Å². The van der Waals surface area contributed by atoms with Crippen LogP contribution in [0.1, 0.15) is 0 Å². The number of rotatable bonds is 0. The Labute approximate surface area is 95.0 Å². The highest BCUT2D eigenvalue weighted by Crippen LogP contribution is 2.05. The normalized spacial score (nSPS) is 12.0. The van der Waals surface area contributed by atoms with Crippen LogP contribution in [0.3, 0.4) is 0 Å². The van der Waals surface area contributed by atoms with Crippen LogP contribution in [0.5, 0.6) is 11.5 Å². The smallest absolute Gasteiger partial charge is 0.190 e. The van der Waals surface area contributed by atoms with Gasteiger partial charge in [0.05, 0.1) is 0 Å². The van der Waals surface area contributed by atoms with Gasteiger partial charge in [0.2, 0.25) is 0 Å². The fraction of sp³-hybridized carbons (Fsp3) is 0. The summed E-state index contributed by atoms with van der Waals surface area (Å²) in [6.45, 7) is 0. The quantitative estimate of drug-likeness (QED) is 0.449. The molecule has 0 amide bonds. The van der Waals surface area contributed by atoms with E-state index in [4.69, 9.17) is 0 Å². The zero-order chi connectivity index (χ0) is 11.1. The molecule has 2 radical (unpaired) electrons. The lowest BCUT2D eigenvalue weighted by atomic mass is 9.44. The second-order valence-electron chi connectivity index (χ2n) is 3.92. The van der Waals surface area contributed by atoms with E-state index in [1.54, 1.807) is 24.3 Å². The number of aromatic hydroxyl groups is 2. The van der Waals surface area contributed by atoms with Crippen molar-refractivity contribution >= 4 is 36.4 Å². The summed E-state index contributed by atoms with van der Waals surface area (Å²) < 4.78 is 0. The van der Waals surface area contributed by atoms with Crippen molar-refractivity contribution in [3.05, 3.63) is 36.4 Å². The molecule has 1 aliphatic rings. The largest absolute Gasteiger partial charge is 0.508 e. The molecule has 3 rings (SSSR count). The van der Waals surface area contributed by atoms with Gasteiger partial charge in [-0.15, -0.1) is 0 Å². The zero-order valence-corrected chi connectivity index (χ0v) is 8.51. The van der Waals surface area contributed by atoms with Gasteiger partial charge >= 0.3 is 0 Å². The van der Waals surface area contributed by atoms with Crippen LogP contribution in [-0.2, 0) is 0 Å². The molecule has 0 saturated carbocycles. The topological polar surface area (TPSA) is 40.5 Å². The fourth-order valence-corrected chi connectivity index (χ4v) is 1.97. The highest BCUT2D eigenvalue weighted by molar-refractivity contribution is 6.87. The van der Waals surface area contributed by atoms with Crippen LogP contribution in [0.25, 0.3) is 0 Å². The van der Waals surface area contributed by atoms with Crippen molar-refractivity contribution in [1.29, 1.82) is 0 Å². The second kappa shape index (κ2) is 3.34. The van der Waals surface area contributed by atoms with Crippen LogP contribution in [0.4, 0.5) is 0 Å². The number of phenolic OH excluding ortho intramolecular Hbond substituents is 2. The molecule has 0 unspecified atom stereocenters. The first kappa shape index (κ1) is 9.40. The maximum Gasteiger partial charge on any atom is 0.190 e. The lowest BCUT2D eigenvalue weighted by molar-refractivity contribution is 0.475. The molecule has 2 nitrogen and oxygen atoms in total. The summed E-state index contributed by atoms with van der Waals surface area (Å²) in [5.41, 5.74) is 4.10. The monoisotopic (exact) mass is 206 g/mol. The van der Waals surface area contributed by atoms with E-state index < -0.39 is 0 Å². The Morgan fingerprint density at radius 3 is 1.56 bits per heavy atom. The number of fused-ring (bicyclic) bond motifs is 2. The Morgan fingerprint density at radius 2 is 1.06 bits per heavy atom. The summed E-state index contributed by atoms with van der Waals surface area (Å²) in [6, 6.07) is 10.6. The number of phenols is 2. The molecule has 0 aromatic heterocycles. The summed E-state index contributed by atoms with van der Waals surface area (Å²) in [5.74, 6) is 0.513. The first-order chi connectivity index (χ1) is 7.72. The van der Waals surface area contributed by atoms with E-state index in [-0.39, 0.29) is 11.5 Å². The van der Waals surface area contributed by atoms with E-state index in [9.17, 15) is 10.2 Å². The van der Waals surface area contributed by atoms with E-state index in [1.807, 2.05) is 26.7 Å². The Morgan fingerprint density at radius 1 is 0.625 bits per heavy atom. The van der Waals surface area contributed by atoms with Crippen LogP contribution in [-0.4, -0.2) is 24.8 Å². The van der Waals surface area contributed by atoms with E-state index in [2.05, 4.69) is 0 Å². The second-order valence-corrected chi connectivity index (χ2v) is 3.92. The molecule has 4 heteroatoms. The lowest BCUT2D eigenvalue weighted by Crippen LogP contribution is -2.56. The van der Waals surface area contributed by atoms with Crippen molar-refractivity contribution in [2.24, 2.45) is 0 Å². The lowest BCUT2D eigenvalue weighted by Gasteiger charge is -2.18. The minimum Gasteiger partial charge on any atom is -0.508 e. The van der Waals surface area contributed by atoms with E-state index in [0.717, 1.165) is 21.9 Å². The average Bonchev–Trinajstić information content (AvgIpc) is 2.26. The van der Waals surface area contributed by atoms with Crippen LogP contribution in [0, 0.1) is 0 Å². The molecule has 2 aromatic rings. The molecule has 74 valence electrons. The van der Waals surface area contributed by atoms with Crippen LogP contribution in [0.2, 0.25) is 0 Å². The highest BCUT2D eigenvalue weighted by Gasteiger charge is 2.17. The first-order valence-corrected chi connectivity index (χ1v) is 5.08. The first-order valence-electron chi connectivity index (χ1n) is 5.08. The van der Waals surface area contributed by atoms with Gasteiger partial charge in [0.25, 0.3) is 0 Å². The molecule has 2 aromatic carbocycles. The van der Waals surface area contributed by atoms with E-state index >= 15 is 0 Å². The number of benzene rings is 2. The van der Waals surface area contributed by atoms with Gasteiger partial charge in [0, 0.05) is 0 Å². The molecule has 0 spiro atoms. The molecule has 0 aliphatic carbocycles. The molecular weight excluding hydrogens is 198 g/mol. The molecule has 2 N–H and O–H groups in total. The van der Waals surface area contributed by atoms with E-state index in [0.29, 0.717) is 0 Å².